The summed E-state index contributed by atoms with van der Waals surface area (Å²) in [5.41, 5.74) is 0. The van der Waals surface area contributed by atoms with Gasteiger partial charge in [0.2, 0.25) is 0 Å². The molecule has 1 saturated heterocycles. The molecule has 3 atom stereocenters. The van der Waals surface area contributed by atoms with Crippen LogP contribution in [0, 0.1) is 0 Å². The summed E-state index contributed by atoms with van der Waals surface area (Å²) in [7, 11) is 1.37. The van der Waals surface area contributed by atoms with Gasteiger partial charge >= 0.3 is 5.97 Å². The monoisotopic (exact) mass is 314 g/mol. The molecule has 0 saturated carbocycles. The molecule has 0 amide bonds. The second kappa shape index (κ2) is 5.87. The van der Waals surface area contributed by atoms with E-state index in [9.17, 15) is 9.90 Å². The van der Waals surface area contributed by atoms with Crippen LogP contribution in [-0.4, -0.2) is 40.9 Å². The lowest BCUT2D eigenvalue weighted by atomic mass is 10.0. The Balaban J connectivity index is 2.38. The summed E-state index contributed by atoms with van der Waals surface area (Å²) in [6.07, 6.45) is 1.10. The van der Waals surface area contributed by atoms with Gasteiger partial charge in [-0.15, -0.1) is 0 Å². The highest BCUT2D eigenvalue weighted by Crippen LogP contribution is 2.23. The normalized spacial score (nSPS) is 32.6. The van der Waals surface area contributed by atoms with Crippen molar-refractivity contribution in [3.05, 3.63) is 0 Å². The highest BCUT2D eigenvalue weighted by molar-refractivity contribution is 14.1. The number of alkyl halides is 1. The van der Waals surface area contributed by atoms with Crippen molar-refractivity contribution in [1.29, 1.82) is 0 Å². The second-order valence-corrected chi connectivity index (χ2v) is 4.26. The quantitative estimate of drug-likeness (QED) is 0.478. The molecular weight excluding hydrogens is 299 g/mol. The van der Waals surface area contributed by atoms with Gasteiger partial charge < -0.3 is 14.6 Å². The lowest BCUT2D eigenvalue weighted by Gasteiger charge is -2.32. The molecular formula is C9H15IO4. The van der Waals surface area contributed by atoms with Crippen molar-refractivity contribution in [3.8, 4) is 0 Å². The van der Waals surface area contributed by atoms with Crippen LogP contribution >= 0.6 is 22.6 Å². The van der Waals surface area contributed by atoms with Crippen LogP contribution in [0.25, 0.3) is 0 Å². The fraction of sp³-hybridized carbons (Fsp3) is 0.889. The minimum absolute atomic E-state index is 0.0920. The van der Waals surface area contributed by atoms with Gasteiger partial charge in [-0.2, -0.15) is 0 Å². The van der Waals surface area contributed by atoms with E-state index in [1.54, 1.807) is 0 Å². The molecule has 14 heavy (non-hydrogen) atoms. The Hall–Kier alpha value is 0.120. The van der Waals surface area contributed by atoms with E-state index in [0.29, 0.717) is 6.42 Å². The van der Waals surface area contributed by atoms with Crippen molar-refractivity contribution in [2.24, 2.45) is 0 Å². The lowest BCUT2D eigenvalue weighted by Crippen LogP contribution is -2.40. The Morgan fingerprint density at radius 3 is 2.93 bits per heavy atom. The summed E-state index contributed by atoms with van der Waals surface area (Å²) in [4.78, 5) is 11.0. The minimum Gasteiger partial charge on any atom is -0.469 e. The van der Waals surface area contributed by atoms with E-state index in [1.807, 2.05) is 0 Å². The van der Waals surface area contributed by atoms with Crippen LogP contribution in [0.5, 0.6) is 0 Å². The van der Waals surface area contributed by atoms with E-state index in [1.165, 1.54) is 7.11 Å². The summed E-state index contributed by atoms with van der Waals surface area (Å²) in [5.74, 6) is -0.251. The molecule has 1 fully saturated rings. The maximum atomic E-state index is 11.0. The third-order valence-corrected chi connectivity index (χ3v) is 3.22. The van der Waals surface area contributed by atoms with Gasteiger partial charge in [-0.1, -0.05) is 22.6 Å². The number of methoxy groups -OCH3 is 1. The van der Waals surface area contributed by atoms with Gasteiger partial charge in [-0.05, 0) is 12.8 Å². The van der Waals surface area contributed by atoms with E-state index < -0.39 is 0 Å². The van der Waals surface area contributed by atoms with E-state index in [2.05, 4.69) is 27.3 Å². The second-order valence-electron chi connectivity index (χ2n) is 3.38. The molecule has 0 bridgehead atoms. The van der Waals surface area contributed by atoms with Gasteiger partial charge in [-0.3, -0.25) is 4.79 Å². The molecule has 1 aliphatic heterocycles. The van der Waals surface area contributed by atoms with E-state index in [-0.39, 0.29) is 30.7 Å². The number of hydrogen-bond donors (Lipinski definition) is 1. The number of rotatable bonds is 3. The first kappa shape index (κ1) is 12.2. The van der Waals surface area contributed by atoms with Gasteiger partial charge in [0, 0.05) is 4.43 Å². The molecule has 0 spiro atoms. The number of hydrogen-bond acceptors (Lipinski definition) is 4. The standard InChI is InChI=1S/C9H15IO4/c1-13-9(12)4-6-2-3-7(11)8(5-10)14-6/h6-8,11H,2-5H2,1H3/t6-,7+,8-/m1/s1. The highest BCUT2D eigenvalue weighted by atomic mass is 127. The van der Waals surface area contributed by atoms with Crippen molar-refractivity contribution >= 4 is 28.6 Å². The fourth-order valence-corrected chi connectivity index (χ4v) is 2.30. The van der Waals surface area contributed by atoms with Crippen molar-refractivity contribution in [2.75, 3.05) is 11.5 Å². The Labute approximate surface area is 97.1 Å². The number of carbonyl (C=O) groups excluding carboxylic acids is 1. The molecule has 0 aliphatic carbocycles. The van der Waals surface area contributed by atoms with E-state index in [4.69, 9.17) is 4.74 Å². The molecule has 82 valence electrons. The average Bonchev–Trinajstić information content (AvgIpc) is 2.20. The molecule has 4 nitrogen and oxygen atoms in total. The number of ether oxygens (including phenoxy) is 2. The van der Waals surface area contributed by atoms with Gasteiger partial charge in [0.15, 0.2) is 0 Å². The van der Waals surface area contributed by atoms with Gasteiger partial charge in [-0.25, -0.2) is 0 Å². The number of carbonyl (C=O) groups is 1. The first-order chi connectivity index (χ1) is 6.67. The van der Waals surface area contributed by atoms with E-state index in [0.717, 1.165) is 10.8 Å². The summed E-state index contributed by atoms with van der Waals surface area (Å²) >= 11 is 2.17. The first-order valence-electron chi connectivity index (χ1n) is 4.63. The Bertz CT molecular complexity index is 197. The van der Waals surface area contributed by atoms with Crippen LogP contribution < -0.4 is 0 Å². The number of esters is 1. The summed E-state index contributed by atoms with van der Waals surface area (Å²) in [6, 6.07) is 0. The van der Waals surface area contributed by atoms with Crippen LogP contribution in [-0.2, 0) is 14.3 Å². The number of halogens is 1. The van der Waals surface area contributed by atoms with E-state index >= 15 is 0 Å². The first-order valence-corrected chi connectivity index (χ1v) is 6.16. The maximum Gasteiger partial charge on any atom is 0.308 e. The van der Waals surface area contributed by atoms with Crippen LogP contribution in [0.4, 0.5) is 0 Å². The minimum atomic E-state index is -0.388. The SMILES string of the molecule is COC(=O)C[C@H]1CC[C@H](O)[C@@H](CI)O1. The third-order valence-electron chi connectivity index (χ3n) is 2.35. The van der Waals surface area contributed by atoms with Gasteiger partial charge in [0.25, 0.3) is 0 Å². The molecule has 0 unspecified atom stereocenters. The number of aliphatic hydroxyl groups excluding tert-OH is 1. The topological polar surface area (TPSA) is 55.8 Å². The molecule has 1 aliphatic rings. The zero-order valence-electron chi connectivity index (χ0n) is 8.11. The smallest absolute Gasteiger partial charge is 0.308 e. The Morgan fingerprint density at radius 1 is 1.64 bits per heavy atom. The molecule has 0 aromatic carbocycles. The van der Waals surface area contributed by atoms with Crippen molar-refractivity contribution in [1.82, 2.24) is 0 Å². The summed E-state index contributed by atoms with van der Waals surface area (Å²) in [6.45, 7) is 0. The van der Waals surface area contributed by atoms with Crippen molar-refractivity contribution < 1.29 is 19.4 Å². The summed E-state index contributed by atoms with van der Waals surface area (Å²) < 4.78 is 10.9. The van der Waals surface area contributed by atoms with Crippen LogP contribution in [0.2, 0.25) is 0 Å². The largest absolute Gasteiger partial charge is 0.469 e. The Kier molecular flexibility index (Phi) is 5.11. The van der Waals surface area contributed by atoms with Crippen LogP contribution in [0.3, 0.4) is 0 Å². The third kappa shape index (κ3) is 3.36. The molecule has 1 N–H and O–H groups in total. The fourth-order valence-electron chi connectivity index (χ4n) is 1.51. The predicted octanol–water partition coefficient (Wildman–Crippen LogP) is 0.893. The van der Waals surface area contributed by atoms with Gasteiger partial charge in [0.1, 0.15) is 0 Å². The zero-order valence-corrected chi connectivity index (χ0v) is 10.3. The van der Waals surface area contributed by atoms with Crippen LogP contribution in [0.1, 0.15) is 19.3 Å². The van der Waals surface area contributed by atoms with Crippen molar-refractivity contribution in [2.45, 2.75) is 37.6 Å². The van der Waals surface area contributed by atoms with Crippen LogP contribution in [0.15, 0.2) is 0 Å². The molecule has 0 aromatic rings. The lowest BCUT2D eigenvalue weighted by molar-refractivity contribution is -0.151. The summed E-state index contributed by atoms with van der Waals surface area (Å²) in [5, 5.41) is 9.53. The molecule has 1 rings (SSSR count). The molecule has 0 aromatic heterocycles. The molecule has 1 heterocycles. The predicted molar refractivity (Wildman–Crippen MR) is 59.4 cm³/mol. The van der Waals surface area contributed by atoms with Crippen molar-refractivity contribution in [3.63, 3.8) is 0 Å². The Morgan fingerprint density at radius 2 is 2.36 bits per heavy atom. The highest BCUT2D eigenvalue weighted by Gasteiger charge is 2.30. The molecule has 0 radical (unpaired) electrons. The maximum absolute atomic E-state index is 11.0. The van der Waals surface area contributed by atoms with Gasteiger partial charge in [0.05, 0.1) is 31.8 Å². The molecule has 5 heteroatoms. The zero-order chi connectivity index (χ0) is 10.6. The average molecular weight is 314 g/mol. The number of aliphatic hydroxyl groups is 1.